The standard InChI is InChI=1S/C7H17N.C6H15N/c1-5-8(6-2)7(3)4;1-5(2)7-6(3)4/h7H,5-6H2,1-4H3;5-7H,1-4H3. The molecular formula is C13H32N2. The molecule has 0 radical (unpaired) electrons. The van der Waals surface area contributed by atoms with Gasteiger partial charge in [-0.1, -0.05) is 41.5 Å². The first kappa shape index (κ1) is 17.3. The molecule has 0 saturated heterocycles. The van der Waals surface area contributed by atoms with E-state index in [0.29, 0.717) is 18.1 Å². The van der Waals surface area contributed by atoms with Gasteiger partial charge in [-0.05, 0) is 26.9 Å². The lowest BCUT2D eigenvalue weighted by Gasteiger charge is -2.21. The molecule has 1 N–H and O–H groups in total. The third-order valence-corrected chi connectivity index (χ3v) is 2.21. The molecule has 0 aromatic heterocycles. The number of nitrogens with one attached hydrogen (secondary N) is 1. The Labute approximate surface area is 97.4 Å². The van der Waals surface area contributed by atoms with Crippen LogP contribution in [0, 0.1) is 0 Å². The maximum absolute atomic E-state index is 3.31. The van der Waals surface area contributed by atoms with Gasteiger partial charge in [-0.3, -0.25) is 0 Å². The molecule has 94 valence electrons. The van der Waals surface area contributed by atoms with Gasteiger partial charge in [0.25, 0.3) is 0 Å². The summed E-state index contributed by atoms with van der Waals surface area (Å²) in [5.41, 5.74) is 0. The predicted molar refractivity (Wildman–Crippen MR) is 71.5 cm³/mol. The molecule has 0 unspecified atom stereocenters. The molecule has 0 rings (SSSR count). The van der Waals surface area contributed by atoms with Crippen LogP contribution in [0.25, 0.3) is 0 Å². The third kappa shape index (κ3) is 13.9. The summed E-state index contributed by atoms with van der Waals surface area (Å²) in [7, 11) is 0. The molecule has 0 aromatic rings. The Hall–Kier alpha value is -0.0800. The van der Waals surface area contributed by atoms with Crippen molar-refractivity contribution in [2.75, 3.05) is 13.1 Å². The van der Waals surface area contributed by atoms with Crippen molar-refractivity contribution in [2.45, 2.75) is 73.5 Å². The van der Waals surface area contributed by atoms with E-state index in [-0.39, 0.29) is 0 Å². The second kappa shape index (κ2) is 10.4. The minimum atomic E-state index is 0.625. The molecule has 0 bridgehead atoms. The Balaban J connectivity index is 0. The minimum absolute atomic E-state index is 0.625. The first-order chi connectivity index (χ1) is 6.84. The lowest BCUT2D eigenvalue weighted by molar-refractivity contribution is 0.246. The molecule has 2 nitrogen and oxygen atoms in total. The summed E-state index contributed by atoms with van der Waals surface area (Å²) >= 11 is 0. The van der Waals surface area contributed by atoms with Gasteiger partial charge >= 0.3 is 0 Å². The number of rotatable bonds is 5. The van der Waals surface area contributed by atoms with Gasteiger partial charge in [0.05, 0.1) is 0 Å². The van der Waals surface area contributed by atoms with Crippen LogP contribution in [-0.4, -0.2) is 36.1 Å². The highest BCUT2D eigenvalue weighted by atomic mass is 15.1. The van der Waals surface area contributed by atoms with Gasteiger partial charge in [0.1, 0.15) is 0 Å². The molecule has 0 aromatic carbocycles. The van der Waals surface area contributed by atoms with E-state index in [2.05, 4.69) is 65.6 Å². The Morgan fingerprint density at radius 2 is 1.13 bits per heavy atom. The molecule has 0 aliphatic rings. The van der Waals surface area contributed by atoms with Crippen LogP contribution >= 0.6 is 0 Å². The van der Waals surface area contributed by atoms with Gasteiger partial charge < -0.3 is 10.2 Å². The van der Waals surface area contributed by atoms with E-state index in [0.717, 1.165) is 0 Å². The van der Waals surface area contributed by atoms with E-state index in [4.69, 9.17) is 0 Å². The van der Waals surface area contributed by atoms with Crippen molar-refractivity contribution in [3.05, 3.63) is 0 Å². The lowest BCUT2D eigenvalue weighted by atomic mass is 10.3. The van der Waals surface area contributed by atoms with E-state index < -0.39 is 0 Å². The lowest BCUT2D eigenvalue weighted by Crippen LogP contribution is -2.29. The molecule has 15 heavy (non-hydrogen) atoms. The van der Waals surface area contributed by atoms with E-state index >= 15 is 0 Å². The largest absolute Gasteiger partial charge is 0.312 e. The second-order valence-electron chi connectivity index (χ2n) is 4.79. The number of hydrogen-bond donors (Lipinski definition) is 1. The van der Waals surface area contributed by atoms with Gasteiger partial charge in [-0.2, -0.15) is 0 Å². The molecule has 2 heteroatoms. The zero-order valence-corrected chi connectivity index (χ0v) is 12.1. The number of nitrogens with zero attached hydrogens (tertiary/aromatic N) is 1. The summed E-state index contributed by atoms with van der Waals surface area (Å²) in [6.45, 7) is 19.8. The topological polar surface area (TPSA) is 15.3 Å². The minimum Gasteiger partial charge on any atom is -0.312 e. The first-order valence-electron chi connectivity index (χ1n) is 6.35. The van der Waals surface area contributed by atoms with E-state index in [1.54, 1.807) is 0 Å². The van der Waals surface area contributed by atoms with Crippen molar-refractivity contribution in [3.63, 3.8) is 0 Å². The van der Waals surface area contributed by atoms with Crippen LogP contribution in [0.4, 0.5) is 0 Å². The summed E-state index contributed by atoms with van der Waals surface area (Å²) in [6.07, 6.45) is 0. The molecule has 0 aliphatic carbocycles. The van der Waals surface area contributed by atoms with Gasteiger partial charge in [0, 0.05) is 18.1 Å². The molecule has 0 spiro atoms. The normalized spacial score (nSPS) is 11.2. The zero-order valence-electron chi connectivity index (χ0n) is 12.1. The monoisotopic (exact) mass is 216 g/mol. The summed E-state index contributed by atoms with van der Waals surface area (Å²) in [5.74, 6) is 0. The van der Waals surface area contributed by atoms with Crippen molar-refractivity contribution in [1.29, 1.82) is 0 Å². The quantitative estimate of drug-likeness (QED) is 0.759. The van der Waals surface area contributed by atoms with Crippen LogP contribution in [0.15, 0.2) is 0 Å². The fourth-order valence-electron chi connectivity index (χ4n) is 1.62. The summed E-state index contributed by atoms with van der Waals surface area (Å²) in [4.78, 5) is 2.42. The Morgan fingerprint density at radius 3 is 1.13 bits per heavy atom. The fourth-order valence-corrected chi connectivity index (χ4v) is 1.62. The van der Waals surface area contributed by atoms with E-state index in [9.17, 15) is 0 Å². The Kier molecular flexibility index (Phi) is 12.1. The first-order valence-corrected chi connectivity index (χ1v) is 6.35. The van der Waals surface area contributed by atoms with Crippen LogP contribution in [0.1, 0.15) is 55.4 Å². The highest BCUT2D eigenvalue weighted by Gasteiger charge is 2.00. The molecule has 0 aliphatic heterocycles. The van der Waals surface area contributed by atoms with Gasteiger partial charge in [-0.15, -0.1) is 0 Å². The van der Waals surface area contributed by atoms with Gasteiger partial charge in [0.2, 0.25) is 0 Å². The van der Waals surface area contributed by atoms with Crippen LogP contribution in [0.3, 0.4) is 0 Å². The van der Waals surface area contributed by atoms with Gasteiger partial charge in [-0.25, -0.2) is 0 Å². The summed E-state index contributed by atoms with van der Waals surface area (Å²) in [6, 6.07) is 1.96. The van der Waals surface area contributed by atoms with Crippen LogP contribution in [0.5, 0.6) is 0 Å². The summed E-state index contributed by atoms with van der Waals surface area (Å²) in [5, 5.41) is 3.31. The average molecular weight is 216 g/mol. The maximum atomic E-state index is 3.31. The van der Waals surface area contributed by atoms with Crippen molar-refractivity contribution in [3.8, 4) is 0 Å². The van der Waals surface area contributed by atoms with Crippen molar-refractivity contribution >= 4 is 0 Å². The second-order valence-corrected chi connectivity index (χ2v) is 4.79. The molecule has 0 amide bonds. The molecular weight excluding hydrogens is 184 g/mol. The molecule has 0 fully saturated rings. The summed E-state index contributed by atoms with van der Waals surface area (Å²) < 4.78 is 0. The van der Waals surface area contributed by atoms with Crippen LogP contribution < -0.4 is 5.32 Å². The Morgan fingerprint density at radius 1 is 0.800 bits per heavy atom. The predicted octanol–water partition coefficient (Wildman–Crippen LogP) is 3.13. The SMILES string of the molecule is CC(C)NC(C)C.CCN(CC)C(C)C. The van der Waals surface area contributed by atoms with E-state index in [1.807, 2.05) is 0 Å². The number of hydrogen-bond acceptors (Lipinski definition) is 2. The van der Waals surface area contributed by atoms with Crippen LogP contribution in [0.2, 0.25) is 0 Å². The van der Waals surface area contributed by atoms with Gasteiger partial charge in [0.15, 0.2) is 0 Å². The van der Waals surface area contributed by atoms with Crippen molar-refractivity contribution in [1.82, 2.24) is 10.2 Å². The van der Waals surface area contributed by atoms with Crippen LogP contribution in [-0.2, 0) is 0 Å². The van der Waals surface area contributed by atoms with Crippen molar-refractivity contribution < 1.29 is 0 Å². The maximum Gasteiger partial charge on any atom is 0.00383 e. The highest BCUT2D eigenvalue weighted by Crippen LogP contribution is 1.94. The highest BCUT2D eigenvalue weighted by molar-refractivity contribution is 4.56. The Bertz CT molecular complexity index is 110. The molecule has 0 heterocycles. The van der Waals surface area contributed by atoms with E-state index in [1.165, 1.54) is 13.1 Å². The molecule has 0 atom stereocenters. The fraction of sp³-hybridized carbons (Fsp3) is 1.00. The molecule has 0 saturated carbocycles. The smallest absolute Gasteiger partial charge is 0.00383 e. The zero-order chi connectivity index (χ0) is 12.4. The van der Waals surface area contributed by atoms with Crippen molar-refractivity contribution in [2.24, 2.45) is 0 Å². The average Bonchev–Trinajstić information content (AvgIpc) is 2.03. The third-order valence-electron chi connectivity index (χ3n) is 2.21.